The van der Waals surface area contributed by atoms with Gasteiger partial charge in [0.25, 0.3) is 5.69 Å². The summed E-state index contributed by atoms with van der Waals surface area (Å²) in [7, 11) is 0. The first-order valence-corrected chi connectivity index (χ1v) is 5.25. The number of hydrogen-bond acceptors (Lipinski definition) is 6. The van der Waals surface area contributed by atoms with Crippen molar-refractivity contribution < 1.29 is 19.9 Å². The van der Waals surface area contributed by atoms with Gasteiger partial charge in [-0.3, -0.25) is 10.1 Å². The Kier molecular flexibility index (Phi) is 4.55. The number of aliphatic hydroxyl groups is 1. The van der Waals surface area contributed by atoms with E-state index in [4.69, 9.17) is 5.11 Å². The Labute approximate surface area is 102 Å². The van der Waals surface area contributed by atoms with E-state index in [9.17, 15) is 20.0 Å². The summed E-state index contributed by atoms with van der Waals surface area (Å²) < 4.78 is 0. The summed E-state index contributed by atoms with van der Waals surface area (Å²) in [5.41, 5.74) is -0.693. The number of hydrogen-bond donors (Lipinski definition) is 3. The van der Waals surface area contributed by atoms with Crippen LogP contribution >= 0.6 is 0 Å². The maximum Gasteiger partial charge on any atom is 0.339 e. The van der Waals surface area contributed by atoms with Gasteiger partial charge in [0, 0.05) is 12.6 Å². The molecule has 1 aromatic rings. The number of aromatic carboxylic acids is 1. The van der Waals surface area contributed by atoms with Crippen LogP contribution in [-0.2, 0) is 0 Å². The molecule has 0 amide bonds. The van der Waals surface area contributed by atoms with Gasteiger partial charge in [0.15, 0.2) is 0 Å². The summed E-state index contributed by atoms with van der Waals surface area (Å²) in [4.78, 5) is 24.4. The van der Waals surface area contributed by atoms with Crippen molar-refractivity contribution >= 4 is 17.5 Å². The van der Waals surface area contributed by atoms with E-state index in [2.05, 4.69) is 10.3 Å². The molecule has 1 heterocycles. The lowest BCUT2D eigenvalue weighted by Gasteiger charge is -2.11. The molecule has 0 fully saturated rings. The number of carboxylic acids is 1. The Balaban J connectivity index is 2.97. The minimum absolute atomic E-state index is 0.000556. The topological polar surface area (TPSA) is 126 Å². The smallest absolute Gasteiger partial charge is 0.339 e. The highest BCUT2D eigenvalue weighted by molar-refractivity contribution is 5.93. The van der Waals surface area contributed by atoms with E-state index in [1.165, 1.54) is 0 Å². The van der Waals surface area contributed by atoms with Gasteiger partial charge in [-0.2, -0.15) is 0 Å². The van der Waals surface area contributed by atoms with Crippen LogP contribution in [0.2, 0.25) is 0 Å². The third-order valence-corrected chi connectivity index (χ3v) is 2.29. The first-order valence-electron chi connectivity index (χ1n) is 5.25. The summed E-state index contributed by atoms with van der Waals surface area (Å²) >= 11 is 0. The summed E-state index contributed by atoms with van der Waals surface area (Å²) in [5.74, 6) is -1.32. The van der Waals surface area contributed by atoms with Gasteiger partial charge in [-0.15, -0.1) is 0 Å². The molecular weight excluding hydrogens is 242 g/mol. The van der Waals surface area contributed by atoms with Crippen molar-refractivity contribution in [3.8, 4) is 0 Å². The fourth-order valence-electron chi connectivity index (χ4n) is 1.22. The van der Waals surface area contributed by atoms with Gasteiger partial charge >= 0.3 is 5.97 Å². The highest BCUT2D eigenvalue weighted by Crippen LogP contribution is 2.19. The van der Waals surface area contributed by atoms with Crippen LogP contribution in [0, 0.1) is 10.1 Å². The zero-order valence-electron chi connectivity index (χ0n) is 9.66. The number of carbonyl (C=O) groups is 1. The first-order chi connectivity index (χ1) is 8.45. The number of aliphatic hydroxyl groups excluding tert-OH is 1. The second-order valence-electron chi connectivity index (χ2n) is 3.59. The maximum absolute atomic E-state index is 10.9. The minimum Gasteiger partial charge on any atom is -0.478 e. The number of nitrogens with one attached hydrogen (secondary N) is 1. The van der Waals surface area contributed by atoms with Crippen LogP contribution in [0.3, 0.4) is 0 Å². The molecule has 0 aliphatic heterocycles. The second-order valence-corrected chi connectivity index (χ2v) is 3.59. The standard InChI is InChI=1S/C10H13N3O5/c1-2-7(14)5-12-9-8(10(15)16)3-6(4-11-9)13(17)18/h3-4,7,14H,2,5H2,1H3,(H,11,12)(H,15,16). The molecule has 0 aromatic carbocycles. The van der Waals surface area contributed by atoms with E-state index in [1.807, 2.05) is 0 Å². The van der Waals surface area contributed by atoms with Crippen molar-refractivity contribution in [2.75, 3.05) is 11.9 Å². The fourth-order valence-corrected chi connectivity index (χ4v) is 1.22. The highest BCUT2D eigenvalue weighted by atomic mass is 16.6. The Morgan fingerprint density at radius 3 is 2.83 bits per heavy atom. The maximum atomic E-state index is 10.9. The van der Waals surface area contributed by atoms with Crippen molar-refractivity contribution in [1.29, 1.82) is 0 Å². The summed E-state index contributed by atoms with van der Waals surface area (Å²) in [5, 5.41) is 31.4. The number of anilines is 1. The molecule has 1 unspecified atom stereocenters. The SMILES string of the molecule is CCC(O)CNc1ncc([N+](=O)[O-])cc1C(=O)O. The molecule has 0 aliphatic rings. The molecule has 0 radical (unpaired) electrons. The predicted octanol–water partition coefficient (Wildman–Crippen LogP) is 0.871. The van der Waals surface area contributed by atoms with E-state index in [0.29, 0.717) is 6.42 Å². The van der Waals surface area contributed by atoms with Crippen LogP contribution in [0.1, 0.15) is 23.7 Å². The van der Waals surface area contributed by atoms with Crippen molar-refractivity contribution in [2.24, 2.45) is 0 Å². The van der Waals surface area contributed by atoms with Crippen molar-refractivity contribution in [1.82, 2.24) is 4.98 Å². The van der Waals surface area contributed by atoms with Crippen LogP contribution in [0.25, 0.3) is 0 Å². The molecule has 1 aromatic heterocycles. The molecule has 1 rings (SSSR count). The van der Waals surface area contributed by atoms with Gasteiger partial charge < -0.3 is 15.5 Å². The lowest BCUT2D eigenvalue weighted by atomic mass is 10.2. The predicted molar refractivity (Wildman–Crippen MR) is 62.6 cm³/mol. The number of rotatable bonds is 6. The van der Waals surface area contributed by atoms with Crippen LogP contribution in [0.15, 0.2) is 12.3 Å². The van der Waals surface area contributed by atoms with E-state index < -0.39 is 22.7 Å². The van der Waals surface area contributed by atoms with Crippen LogP contribution in [-0.4, -0.2) is 38.7 Å². The van der Waals surface area contributed by atoms with Crippen molar-refractivity contribution in [2.45, 2.75) is 19.4 Å². The van der Waals surface area contributed by atoms with Crippen LogP contribution < -0.4 is 5.32 Å². The molecule has 3 N–H and O–H groups in total. The molecule has 0 bridgehead atoms. The molecule has 0 saturated carbocycles. The normalized spacial score (nSPS) is 11.9. The molecule has 8 heteroatoms. The average Bonchev–Trinajstić information content (AvgIpc) is 2.35. The molecule has 0 aliphatic carbocycles. The largest absolute Gasteiger partial charge is 0.478 e. The van der Waals surface area contributed by atoms with Crippen molar-refractivity contribution in [3.05, 3.63) is 27.9 Å². The Bertz CT molecular complexity index is 463. The van der Waals surface area contributed by atoms with Crippen molar-refractivity contribution in [3.63, 3.8) is 0 Å². The summed E-state index contributed by atoms with van der Waals surface area (Å²) in [6.07, 6.45) is 0.832. The molecule has 0 spiro atoms. The van der Waals surface area contributed by atoms with Gasteiger partial charge in [-0.05, 0) is 6.42 Å². The van der Waals surface area contributed by atoms with Gasteiger partial charge in [0.1, 0.15) is 17.6 Å². The molecular formula is C10H13N3O5. The molecule has 98 valence electrons. The number of carboxylic acid groups (broad SMARTS) is 1. The average molecular weight is 255 g/mol. The third kappa shape index (κ3) is 3.39. The van der Waals surface area contributed by atoms with Gasteiger partial charge in [-0.1, -0.05) is 6.92 Å². The van der Waals surface area contributed by atoms with Crippen LogP contribution in [0.4, 0.5) is 11.5 Å². The zero-order chi connectivity index (χ0) is 13.7. The number of pyridine rings is 1. The lowest BCUT2D eigenvalue weighted by Crippen LogP contribution is -2.20. The van der Waals surface area contributed by atoms with Gasteiger partial charge in [0.2, 0.25) is 0 Å². The quantitative estimate of drug-likeness (QED) is 0.508. The summed E-state index contributed by atoms with van der Waals surface area (Å²) in [6, 6.07) is 0.927. The lowest BCUT2D eigenvalue weighted by molar-refractivity contribution is -0.385. The Morgan fingerprint density at radius 1 is 1.67 bits per heavy atom. The van der Waals surface area contributed by atoms with Gasteiger partial charge in [0.05, 0.1) is 11.0 Å². The van der Waals surface area contributed by atoms with E-state index in [1.54, 1.807) is 6.92 Å². The first kappa shape index (κ1) is 13.8. The van der Waals surface area contributed by atoms with Crippen LogP contribution in [0.5, 0.6) is 0 Å². The molecule has 18 heavy (non-hydrogen) atoms. The van der Waals surface area contributed by atoms with E-state index >= 15 is 0 Å². The monoisotopic (exact) mass is 255 g/mol. The number of aromatic nitrogens is 1. The number of nitro groups is 1. The zero-order valence-corrected chi connectivity index (χ0v) is 9.66. The number of nitrogens with zero attached hydrogens (tertiary/aromatic N) is 2. The Morgan fingerprint density at radius 2 is 2.33 bits per heavy atom. The molecule has 0 saturated heterocycles. The third-order valence-electron chi connectivity index (χ3n) is 2.29. The van der Waals surface area contributed by atoms with E-state index in [-0.39, 0.29) is 17.9 Å². The Hall–Kier alpha value is -2.22. The highest BCUT2D eigenvalue weighted by Gasteiger charge is 2.17. The second kappa shape index (κ2) is 5.92. The minimum atomic E-state index is -1.32. The van der Waals surface area contributed by atoms with E-state index in [0.717, 1.165) is 12.3 Å². The molecule has 8 nitrogen and oxygen atoms in total. The summed E-state index contributed by atoms with van der Waals surface area (Å²) in [6.45, 7) is 1.90. The van der Waals surface area contributed by atoms with Gasteiger partial charge in [-0.25, -0.2) is 9.78 Å². The molecule has 1 atom stereocenters. The fraction of sp³-hybridized carbons (Fsp3) is 0.400.